The molecular weight excluding hydrogens is 401 g/mol. The minimum Gasteiger partial charge on any atom is -0.347 e. The number of rotatable bonds is 2. The number of aromatic nitrogens is 2. The lowest BCUT2D eigenvalue weighted by molar-refractivity contribution is 0.0919. The van der Waals surface area contributed by atoms with Gasteiger partial charge in [0, 0.05) is 26.4 Å². The van der Waals surface area contributed by atoms with Crippen LogP contribution in [0.3, 0.4) is 0 Å². The zero-order valence-corrected chi connectivity index (χ0v) is 16.7. The molecule has 1 N–H and O–H groups in total. The van der Waals surface area contributed by atoms with Crippen molar-refractivity contribution in [2.24, 2.45) is 0 Å². The lowest BCUT2D eigenvalue weighted by Gasteiger charge is -2.23. The highest BCUT2D eigenvalue weighted by atomic mass is 127. The van der Waals surface area contributed by atoms with E-state index in [1.54, 1.807) is 6.20 Å². The van der Waals surface area contributed by atoms with Crippen molar-refractivity contribution >= 4 is 28.5 Å². The largest absolute Gasteiger partial charge is 0.347 e. The molecule has 0 radical (unpaired) electrons. The maximum Gasteiger partial charge on any atom is 0.251 e. The van der Waals surface area contributed by atoms with Gasteiger partial charge in [0.25, 0.3) is 5.91 Å². The van der Waals surface area contributed by atoms with Crippen molar-refractivity contribution in [3.8, 4) is 11.3 Å². The van der Waals surface area contributed by atoms with Crippen molar-refractivity contribution in [1.82, 2.24) is 15.1 Å². The zero-order valence-electron chi connectivity index (χ0n) is 14.6. The molecule has 0 aliphatic rings. The number of nitrogens with zero attached hydrogens (tertiary/aromatic N) is 2. The molecule has 1 amide bonds. The molecule has 1 heterocycles. The summed E-state index contributed by atoms with van der Waals surface area (Å²) in [7, 11) is 0. The second kappa shape index (κ2) is 6.26. The topological polar surface area (TPSA) is 46.9 Å². The molecular formula is C18H24IN3O. The Morgan fingerprint density at radius 1 is 1.13 bits per heavy atom. The Hall–Kier alpha value is -1.37. The highest BCUT2D eigenvalue weighted by molar-refractivity contribution is 14.1. The summed E-state index contributed by atoms with van der Waals surface area (Å²) in [5.74, 6) is -0.0564. The molecule has 5 heteroatoms. The minimum atomic E-state index is -0.258. The molecule has 0 fully saturated rings. The van der Waals surface area contributed by atoms with Crippen LogP contribution in [0.25, 0.3) is 11.3 Å². The zero-order chi connectivity index (χ0) is 17.4. The third-order valence-electron chi connectivity index (χ3n) is 3.22. The summed E-state index contributed by atoms with van der Waals surface area (Å²) < 4.78 is 3.02. The van der Waals surface area contributed by atoms with Gasteiger partial charge in [0.2, 0.25) is 0 Å². The van der Waals surface area contributed by atoms with Gasteiger partial charge in [-0.05, 0) is 88.4 Å². The average Bonchev–Trinajstić information content (AvgIpc) is 2.84. The predicted molar refractivity (Wildman–Crippen MR) is 103 cm³/mol. The third kappa shape index (κ3) is 4.56. The molecule has 23 heavy (non-hydrogen) atoms. The van der Waals surface area contributed by atoms with Crippen molar-refractivity contribution in [3.05, 3.63) is 39.6 Å². The van der Waals surface area contributed by atoms with Crippen LogP contribution in [-0.2, 0) is 5.54 Å². The fraction of sp³-hybridized carbons (Fsp3) is 0.444. The van der Waals surface area contributed by atoms with Crippen molar-refractivity contribution in [3.63, 3.8) is 0 Å². The normalized spacial score (nSPS) is 12.3. The van der Waals surface area contributed by atoms with Crippen LogP contribution in [0.1, 0.15) is 51.9 Å². The molecule has 2 aromatic rings. The van der Waals surface area contributed by atoms with Gasteiger partial charge in [-0.2, -0.15) is 5.10 Å². The second-order valence-corrected chi connectivity index (χ2v) is 8.98. The van der Waals surface area contributed by atoms with Gasteiger partial charge in [0.15, 0.2) is 0 Å². The van der Waals surface area contributed by atoms with Crippen molar-refractivity contribution < 1.29 is 4.79 Å². The number of hydrogen-bond donors (Lipinski definition) is 1. The number of benzene rings is 1. The monoisotopic (exact) mass is 425 g/mol. The standard InChI is InChI=1S/C18H24IN3O/c1-17(2,3)21-16(23)13-9-12(10-14(19)11-13)15-7-8-20-22(15)18(4,5)6/h7-11H,1-6H3,(H,21,23). The molecule has 0 unspecified atom stereocenters. The lowest BCUT2D eigenvalue weighted by atomic mass is 10.0. The summed E-state index contributed by atoms with van der Waals surface area (Å²) in [6.45, 7) is 12.3. The van der Waals surface area contributed by atoms with Crippen LogP contribution in [0, 0.1) is 3.57 Å². The smallest absolute Gasteiger partial charge is 0.251 e. The fourth-order valence-corrected chi connectivity index (χ4v) is 3.01. The highest BCUT2D eigenvalue weighted by Crippen LogP contribution is 2.27. The van der Waals surface area contributed by atoms with Crippen LogP contribution >= 0.6 is 22.6 Å². The van der Waals surface area contributed by atoms with Gasteiger partial charge < -0.3 is 5.32 Å². The molecule has 0 aliphatic carbocycles. The first-order valence-corrected chi connectivity index (χ1v) is 8.73. The van der Waals surface area contributed by atoms with E-state index in [2.05, 4.69) is 59.8 Å². The molecule has 2 rings (SSSR count). The maximum absolute atomic E-state index is 12.5. The van der Waals surface area contributed by atoms with Gasteiger partial charge in [-0.3, -0.25) is 9.48 Å². The summed E-state index contributed by atoms with van der Waals surface area (Å²) in [6, 6.07) is 7.90. The Morgan fingerprint density at radius 2 is 1.78 bits per heavy atom. The van der Waals surface area contributed by atoms with Gasteiger partial charge in [-0.1, -0.05) is 0 Å². The molecule has 0 bridgehead atoms. The van der Waals surface area contributed by atoms with Gasteiger partial charge in [-0.15, -0.1) is 0 Å². The van der Waals surface area contributed by atoms with Crippen molar-refractivity contribution in [2.75, 3.05) is 0 Å². The quantitative estimate of drug-likeness (QED) is 0.724. The van der Waals surface area contributed by atoms with Crippen molar-refractivity contribution in [2.45, 2.75) is 52.6 Å². The number of halogens is 1. The minimum absolute atomic E-state index is 0.0564. The third-order valence-corrected chi connectivity index (χ3v) is 3.85. The number of carbonyl (C=O) groups is 1. The fourth-order valence-electron chi connectivity index (χ4n) is 2.34. The number of hydrogen-bond acceptors (Lipinski definition) is 2. The Bertz CT molecular complexity index is 721. The van der Waals surface area contributed by atoms with E-state index in [4.69, 9.17) is 0 Å². The van der Waals surface area contributed by atoms with E-state index in [0.717, 1.165) is 14.8 Å². The molecule has 0 saturated carbocycles. The van der Waals surface area contributed by atoms with Crippen LogP contribution in [0.4, 0.5) is 0 Å². The van der Waals surface area contributed by atoms with Crippen LogP contribution < -0.4 is 5.32 Å². The molecule has 4 nitrogen and oxygen atoms in total. The van der Waals surface area contributed by atoms with Gasteiger partial charge in [0.1, 0.15) is 0 Å². The summed E-state index contributed by atoms with van der Waals surface area (Å²) >= 11 is 2.25. The molecule has 124 valence electrons. The summed E-state index contributed by atoms with van der Waals surface area (Å²) in [6.07, 6.45) is 1.80. The number of nitrogens with one attached hydrogen (secondary N) is 1. The van der Waals surface area contributed by atoms with E-state index in [-0.39, 0.29) is 17.0 Å². The first-order chi connectivity index (χ1) is 10.5. The number of amides is 1. The maximum atomic E-state index is 12.5. The van der Waals surface area contributed by atoms with E-state index in [1.807, 2.05) is 43.7 Å². The lowest BCUT2D eigenvalue weighted by Crippen LogP contribution is -2.40. The first-order valence-electron chi connectivity index (χ1n) is 7.65. The molecule has 0 aliphatic heterocycles. The van der Waals surface area contributed by atoms with E-state index in [0.29, 0.717) is 5.56 Å². The summed E-state index contributed by atoms with van der Waals surface area (Å²) in [5, 5.41) is 7.46. The Morgan fingerprint density at radius 3 is 2.35 bits per heavy atom. The molecule has 0 spiro atoms. The molecule has 0 atom stereocenters. The van der Waals surface area contributed by atoms with Gasteiger partial charge in [0.05, 0.1) is 11.2 Å². The number of carbonyl (C=O) groups excluding carboxylic acids is 1. The van der Waals surface area contributed by atoms with Gasteiger partial charge >= 0.3 is 0 Å². The molecule has 1 aromatic heterocycles. The second-order valence-electron chi connectivity index (χ2n) is 7.73. The Labute approximate surface area is 151 Å². The van der Waals surface area contributed by atoms with Crippen LogP contribution in [0.2, 0.25) is 0 Å². The summed E-state index contributed by atoms with van der Waals surface area (Å²) in [5.41, 5.74) is 2.31. The summed E-state index contributed by atoms with van der Waals surface area (Å²) in [4.78, 5) is 12.5. The molecule has 1 aromatic carbocycles. The molecule has 0 saturated heterocycles. The van der Waals surface area contributed by atoms with E-state index in [1.165, 1.54) is 0 Å². The van der Waals surface area contributed by atoms with Crippen molar-refractivity contribution in [1.29, 1.82) is 0 Å². The Balaban J connectivity index is 2.47. The predicted octanol–water partition coefficient (Wildman–Crippen LogP) is 4.44. The SMILES string of the molecule is CC(C)(C)NC(=O)c1cc(I)cc(-c2ccnn2C(C)(C)C)c1. The Kier molecular flexibility index (Phi) is 4.89. The average molecular weight is 425 g/mol. The van der Waals surface area contributed by atoms with E-state index < -0.39 is 0 Å². The van der Waals surface area contributed by atoms with E-state index >= 15 is 0 Å². The van der Waals surface area contributed by atoms with Crippen LogP contribution in [0.15, 0.2) is 30.5 Å². The van der Waals surface area contributed by atoms with Gasteiger partial charge in [-0.25, -0.2) is 0 Å². The highest BCUT2D eigenvalue weighted by Gasteiger charge is 2.20. The van der Waals surface area contributed by atoms with Crippen LogP contribution in [-0.4, -0.2) is 21.2 Å². The first kappa shape index (κ1) is 18.0. The van der Waals surface area contributed by atoms with Crippen LogP contribution in [0.5, 0.6) is 0 Å². The van der Waals surface area contributed by atoms with E-state index in [9.17, 15) is 4.79 Å².